The quantitative estimate of drug-likeness (QED) is 0.786. The number of amides is 1. The number of carbonyl (C=O) groups is 1. The highest BCUT2D eigenvalue weighted by Crippen LogP contribution is 2.19. The third-order valence-electron chi connectivity index (χ3n) is 4.44. The minimum atomic E-state index is -0.0596. The second-order valence-electron chi connectivity index (χ2n) is 6.21. The van der Waals surface area contributed by atoms with E-state index in [2.05, 4.69) is 20.2 Å². The first-order valence-corrected chi connectivity index (χ1v) is 8.36. The van der Waals surface area contributed by atoms with Crippen molar-refractivity contribution in [1.82, 2.24) is 25.1 Å². The van der Waals surface area contributed by atoms with Crippen LogP contribution in [0.3, 0.4) is 0 Å². The molecular formula is C18H19N5O2. The molecule has 7 nitrogen and oxygen atoms in total. The Hall–Kier alpha value is -2.80. The van der Waals surface area contributed by atoms with Gasteiger partial charge in [0.2, 0.25) is 0 Å². The molecule has 0 unspecified atom stereocenters. The van der Waals surface area contributed by atoms with E-state index < -0.39 is 0 Å². The van der Waals surface area contributed by atoms with Crippen molar-refractivity contribution in [3.8, 4) is 0 Å². The highest BCUT2D eigenvalue weighted by atomic mass is 16.5. The number of benzene rings is 1. The predicted molar refractivity (Wildman–Crippen MR) is 92.0 cm³/mol. The highest BCUT2D eigenvalue weighted by molar-refractivity contribution is 6.04. The number of ether oxygens (including phenoxy) is 1. The summed E-state index contributed by atoms with van der Waals surface area (Å²) in [4.78, 5) is 23.0. The molecule has 0 radical (unpaired) electrons. The summed E-state index contributed by atoms with van der Waals surface area (Å²) in [6, 6.07) is 9.57. The molecule has 1 N–H and O–H groups in total. The Labute approximate surface area is 145 Å². The van der Waals surface area contributed by atoms with Gasteiger partial charge < -0.3 is 9.64 Å². The fraction of sp³-hybridized carbons (Fsp3) is 0.333. The van der Waals surface area contributed by atoms with Crippen LogP contribution in [0.4, 0.5) is 0 Å². The molecule has 1 atom stereocenters. The standard InChI is InChI=1S/C18H19N5O2/c24-18(17-15-3-1-2-4-16(15)21-22-17)23-7-8-25-11-13(10-23)9-14-5-6-19-12-20-14/h1-6,12-13H,7-11H2,(H,21,22)/t13-/m1/s1. The van der Waals surface area contributed by atoms with Crippen LogP contribution in [-0.4, -0.2) is 57.3 Å². The number of hydrogen-bond acceptors (Lipinski definition) is 5. The Bertz CT molecular complexity index is 864. The maximum Gasteiger partial charge on any atom is 0.275 e. The van der Waals surface area contributed by atoms with Gasteiger partial charge in [-0.1, -0.05) is 18.2 Å². The number of para-hydroxylation sites is 1. The van der Waals surface area contributed by atoms with Crippen molar-refractivity contribution in [1.29, 1.82) is 0 Å². The molecule has 4 rings (SSSR count). The molecule has 1 saturated heterocycles. The minimum absolute atomic E-state index is 0.0596. The van der Waals surface area contributed by atoms with Crippen molar-refractivity contribution in [2.75, 3.05) is 26.3 Å². The molecule has 3 aromatic rings. The average molecular weight is 337 g/mol. The molecule has 25 heavy (non-hydrogen) atoms. The fourth-order valence-electron chi connectivity index (χ4n) is 3.20. The first-order valence-electron chi connectivity index (χ1n) is 8.36. The number of aromatic nitrogens is 4. The lowest BCUT2D eigenvalue weighted by Gasteiger charge is -2.22. The van der Waals surface area contributed by atoms with E-state index in [-0.39, 0.29) is 11.8 Å². The second kappa shape index (κ2) is 6.98. The highest BCUT2D eigenvalue weighted by Gasteiger charge is 2.26. The van der Waals surface area contributed by atoms with E-state index in [9.17, 15) is 4.79 Å². The zero-order valence-electron chi connectivity index (χ0n) is 13.8. The monoisotopic (exact) mass is 337 g/mol. The Morgan fingerprint density at radius 2 is 2.24 bits per heavy atom. The Morgan fingerprint density at radius 3 is 3.12 bits per heavy atom. The molecule has 1 aromatic carbocycles. The Morgan fingerprint density at radius 1 is 1.32 bits per heavy atom. The average Bonchev–Trinajstić information content (AvgIpc) is 2.94. The van der Waals surface area contributed by atoms with Gasteiger partial charge in [0, 0.05) is 36.3 Å². The summed E-state index contributed by atoms with van der Waals surface area (Å²) in [5, 5.41) is 8.01. The summed E-state index contributed by atoms with van der Waals surface area (Å²) >= 11 is 0. The number of fused-ring (bicyclic) bond motifs is 1. The zero-order chi connectivity index (χ0) is 17.1. The third kappa shape index (κ3) is 3.36. The molecule has 0 spiro atoms. The van der Waals surface area contributed by atoms with Crippen LogP contribution < -0.4 is 0 Å². The summed E-state index contributed by atoms with van der Waals surface area (Å²) in [7, 11) is 0. The lowest BCUT2D eigenvalue weighted by molar-refractivity contribution is 0.0733. The SMILES string of the molecule is O=C(c1n[nH]c2ccccc12)N1CCOC[C@H](Cc2ccncn2)C1. The molecule has 1 aliphatic rings. The summed E-state index contributed by atoms with van der Waals surface area (Å²) in [5.41, 5.74) is 2.30. The third-order valence-corrected chi connectivity index (χ3v) is 4.44. The van der Waals surface area contributed by atoms with E-state index in [4.69, 9.17) is 4.74 Å². The lowest BCUT2D eigenvalue weighted by atomic mass is 10.0. The van der Waals surface area contributed by atoms with Gasteiger partial charge in [-0.05, 0) is 18.6 Å². The van der Waals surface area contributed by atoms with Crippen molar-refractivity contribution < 1.29 is 9.53 Å². The smallest absolute Gasteiger partial charge is 0.275 e. The number of nitrogens with zero attached hydrogens (tertiary/aromatic N) is 4. The maximum absolute atomic E-state index is 13.0. The molecule has 2 aromatic heterocycles. The first-order chi connectivity index (χ1) is 12.3. The van der Waals surface area contributed by atoms with Crippen molar-refractivity contribution in [2.45, 2.75) is 6.42 Å². The Balaban J connectivity index is 1.53. The van der Waals surface area contributed by atoms with Crippen molar-refractivity contribution in [3.05, 3.63) is 54.2 Å². The predicted octanol–water partition coefficient (Wildman–Crippen LogP) is 1.68. The van der Waals surface area contributed by atoms with E-state index in [1.54, 1.807) is 12.5 Å². The fourth-order valence-corrected chi connectivity index (χ4v) is 3.20. The van der Waals surface area contributed by atoms with Crippen LogP contribution in [0.5, 0.6) is 0 Å². The van der Waals surface area contributed by atoms with Crippen LogP contribution in [-0.2, 0) is 11.2 Å². The number of aromatic amines is 1. The largest absolute Gasteiger partial charge is 0.379 e. The van der Waals surface area contributed by atoms with Gasteiger partial charge >= 0.3 is 0 Å². The molecule has 128 valence electrons. The molecule has 1 amide bonds. The van der Waals surface area contributed by atoms with Crippen LogP contribution >= 0.6 is 0 Å². The molecule has 0 saturated carbocycles. The van der Waals surface area contributed by atoms with Gasteiger partial charge in [-0.15, -0.1) is 0 Å². The van der Waals surface area contributed by atoms with E-state index in [1.165, 1.54) is 0 Å². The van der Waals surface area contributed by atoms with Gasteiger partial charge in [-0.3, -0.25) is 9.89 Å². The zero-order valence-corrected chi connectivity index (χ0v) is 13.8. The lowest BCUT2D eigenvalue weighted by Crippen LogP contribution is -2.36. The maximum atomic E-state index is 13.0. The number of nitrogens with one attached hydrogen (secondary N) is 1. The van der Waals surface area contributed by atoms with Crippen molar-refractivity contribution >= 4 is 16.8 Å². The Kier molecular flexibility index (Phi) is 4.39. The topological polar surface area (TPSA) is 84.0 Å². The van der Waals surface area contributed by atoms with E-state index >= 15 is 0 Å². The van der Waals surface area contributed by atoms with Gasteiger partial charge in [0.25, 0.3) is 5.91 Å². The molecule has 0 aliphatic carbocycles. The number of H-pyrrole nitrogens is 1. The van der Waals surface area contributed by atoms with Crippen LogP contribution in [0.1, 0.15) is 16.2 Å². The van der Waals surface area contributed by atoms with Gasteiger partial charge in [-0.2, -0.15) is 5.10 Å². The van der Waals surface area contributed by atoms with Crippen LogP contribution in [0.25, 0.3) is 10.9 Å². The summed E-state index contributed by atoms with van der Waals surface area (Å²) in [6.45, 7) is 2.35. The van der Waals surface area contributed by atoms with E-state index in [1.807, 2.05) is 35.2 Å². The van der Waals surface area contributed by atoms with Gasteiger partial charge in [-0.25, -0.2) is 9.97 Å². The molecule has 1 aliphatic heterocycles. The molecular weight excluding hydrogens is 318 g/mol. The van der Waals surface area contributed by atoms with Crippen LogP contribution in [0, 0.1) is 5.92 Å². The van der Waals surface area contributed by atoms with E-state index in [0.717, 1.165) is 23.0 Å². The second-order valence-corrected chi connectivity index (χ2v) is 6.21. The number of carbonyl (C=O) groups excluding carboxylic acids is 1. The molecule has 0 bridgehead atoms. The summed E-state index contributed by atoms with van der Waals surface area (Å²) in [5.74, 6) is 0.141. The molecule has 1 fully saturated rings. The minimum Gasteiger partial charge on any atom is -0.379 e. The number of hydrogen-bond donors (Lipinski definition) is 1. The first kappa shape index (κ1) is 15.7. The number of rotatable bonds is 3. The molecule has 7 heteroatoms. The van der Waals surface area contributed by atoms with E-state index in [0.29, 0.717) is 32.0 Å². The summed E-state index contributed by atoms with van der Waals surface area (Å²) < 4.78 is 5.70. The van der Waals surface area contributed by atoms with Crippen LogP contribution in [0.15, 0.2) is 42.9 Å². The normalized spacial score (nSPS) is 18.2. The van der Waals surface area contributed by atoms with Gasteiger partial charge in [0.05, 0.1) is 18.7 Å². The van der Waals surface area contributed by atoms with Gasteiger partial charge in [0.1, 0.15) is 6.33 Å². The van der Waals surface area contributed by atoms with Gasteiger partial charge in [0.15, 0.2) is 5.69 Å². The van der Waals surface area contributed by atoms with Crippen LogP contribution in [0.2, 0.25) is 0 Å². The van der Waals surface area contributed by atoms with Crippen molar-refractivity contribution in [2.24, 2.45) is 5.92 Å². The molecule has 3 heterocycles. The summed E-state index contributed by atoms with van der Waals surface area (Å²) in [6.07, 6.45) is 4.04. The van der Waals surface area contributed by atoms with Crippen molar-refractivity contribution in [3.63, 3.8) is 0 Å².